The molecular weight excluding hydrogens is 374 g/mol. The van der Waals surface area contributed by atoms with Crippen LogP contribution in [-0.4, -0.2) is 33.8 Å². The van der Waals surface area contributed by atoms with Gasteiger partial charge in [-0.1, -0.05) is 88.6 Å². The highest BCUT2D eigenvalue weighted by molar-refractivity contribution is 5.69. The van der Waals surface area contributed by atoms with Gasteiger partial charge < -0.3 is 14.7 Å². The molecule has 2 unspecified atom stereocenters. The molecule has 1 amide bonds. The summed E-state index contributed by atoms with van der Waals surface area (Å²) in [4.78, 5) is 14.8. The molecule has 168 valence electrons. The molecule has 2 saturated heterocycles. The van der Waals surface area contributed by atoms with Crippen LogP contribution >= 0.6 is 0 Å². The zero-order valence-electron chi connectivity index (χ0n) is 18.9. The largest absolute Gasteiger partial charge is 0.445 e. The predicted octanol–water partition coefficient (Wildman–Crippen LogP) is 6.60. The van der Waals surface area contributed by atoms with Crippen molar-refractivity contribution >= 4 is 6.09 Å². The average Bonchev–Trinajstić information content (AvgIpc) is 2.74. The minimum Gasteiger partial charge on any atom is -0.445 e. The number of hydrogen-bond donors (Lipinski definition) is 1. The molecule has 2 heterocycles. The maximum absolute atomic E-state index is 12.8. The third-order valence-corrected chi connectivity index (χ3v) is 7.00. The van der Waals surface area contributed by atoms with Crippen molar-refractivity contribution in [3.05, 3.63) is 35.9 Å². The van der Waals surface area contributed by atoms with E-state index in [1.54, 1.807) is 0 Å². The summed E-state index contributed by atoms with van der Waals surface area (Å²) < 4.78 is 5.63. The van der Waals surface area contributed by atoms with E-state index < -0.39 is 5.60 Å². The fourth-order valence-electron chi connectivity index (χ4n) is 5.41. The molecule has 0 aliphatic carbocycles. The molecule has 1 aromatic rings. The van der Waals surface area contributed by atoms with Gasteiger partial charge in [-0.3, -0.25) is 0 Å². The number of nitrogens with zero attached hydrogens (tertiary/aromatic N) is 1. The number of hydrogen-bond acceptors (Lipinski definition) is 3. The van der Waals surface area contributed by atoms with Crippen LogP contribution in [0.2, 0.25) is 0 Å². The number of rotatable bonds is 11. The van der Waals surface area contributed by atoms with Gasteiger partial charge in [-0.25, -0.2) is 4.79 Å². The fourth-order valence-corrected chi connectivity index (χ4v) is 5.41. The van der Waals surface area contributed by atoms with Gasteiger partial charge in [0.2, 0.25) is 0 Å². The maximum Gasteiger partial charge on any atom is 0.410 e. The summed E-state index contributed by atoms with van der Waals surface area (Å²) in [5, 5.41) is 11.3. The number of piperidine rings is 2. The van der Waals surface area contributed by atoms with Crippen molar-refractivity contribution in [3.8, 4) is 0 Å². The van der Waals surface area contributed by atoms with Gasteiger partial charge in [0.1, 0.15) is 6.61 Å². The van der Waals surface area contributed by atoms with E-state index >= 15 is 0 Å². The summed E-state index contributed by atoms with van der Waals surface area (Å²) in [6, 6.07) is 10.1. The van der Waals surface area contributed by atoms with Crippen molar-refractivity contribution in [1.82, 2.24) is 4.90 Å². The molecule has 2 atom stereocenters. The first-order valence-corrected chi connectivity index (χ1v) is 12.3. The highest BCUT2D eigenvalue weighted by Gasteiger charge is 2.47. The standard InChI is InChI=1S/C26H41NO3/c1-2-3-4-5-6-7-8-12-18-26(29)19-23-16-13-17-24(20-26)27(23)25(28)30-21-22-14-10-9-11-15-22/h9-11,14-15,23-24,29H,2-8,12-13,16-21H2,1H3. The lowest BCUT2D eigenvalue weighted by molar-refractivity contribution is -0.0899. The van der Waals surface area contributed by atoms with E-state index in [9.17, 15) is 9.90 Å². The number of ether oxygens (including phenoxy) is 1. The zero-order valence-corrected chi connectivity index (χ0v) is 18.9. The summed E-state index contributed by atoms with van der Waals surface area (Å²) in [7, 11) is 0. The Bertz CT molecular complexity index is 618. The van der Waals surface area contributed by atoms with Gasteiger partial charge in [0.05, 0.1) is 5.60 Å². The Hall–Kier alpha value is -1.55. The number of aliphatic hydroxyl groups is 1. The molecule has 0 radical (unpaired) electrons. The molecule has 4 nitrogen and oxygen atoms in total. The van der Waals surface area contributed by atoms with Gasteiger partial charge in [0.15, 0.2) is 0 Å². The minimum atomic E-state index is -0.603. The number of benzene rings is 1. The van der Waals surface area contributed by atoms with E-state index in [0.717, 1.165) is 37.7 Å². The molecule has 2 aliphatic heterocycles. The molecule has 30 heavy (non-hydrogen) atoms. The van der Waals surface area contributed by atoms with Crippen LogP contribution in [0.5, 0.6) is 0 Å². The molecule has 2 fully saturated rings. The van der Waals surface area contributed by atoms with E-state index in [4.69, 9.17) is 4.74 Å². The number of amides is 1. The summed E-state index contributed by atoms with van der Waals surface area (Å²) in [6.07, 6.45) is 15.5. The topological polar surface area (TPSA) is 49.8 Å². The van der Waals surface area contributed by atoms with Gasteiger partial charge in [0, 0.05) is 12.1 Å². The molecule has 2 aliphatic rings. The lowest BCUT2D eigenvalue weighted by Gasteiger charge is -2.51. The van der Waals surface area contributed by atoms with Crippen LogP contribution in [0.1, 0.15) is 102 Å². The fraction of sp³-hybridized carbons (Fsp3) is 0.731. The monoisotopic (exact) mass is 415 g/mol. The highest BCUT2D eigenvalue weighted by atomic mass is 16.6. The number of carbonyl (C=O) groups excluding carboxylic acids is 1. The second-order valence-corrected chi connectivity index (χ2v) is 9.54. The van der Waals surface area contributed by atoms with Crippen molar-refractivity contribution in [2.24, 2.45) is 0 Å². The van der Waals surface area contributed by atoms with Gasteiger partial charge in [0.25, 0.3) is 0 Å². The SMILES string of the molecule is CCCCCCCCCCC1(O)CC2CCCC(C1)N2C(=O)OCc1ccccc1. The van der Waals surface area contributed by atoms with E-state index in [1.807, 2.05) is 35.2 Å². The maximum atomic E-state index is 12.8. The number of unbranched alkanes of at least 4 members (excludes halogenated alkanes) is 7. The Balaban J connectivity index is 1.43. The van der Waals surface area contributed by atoms with Crippen LogP contribution in [0, 0.1) is 0 Å². The van der Waals surface area contributed by atoms with Crippen molar-refractivity contribution in [1.29, 1.82) is 0 Å². The van der Waals surface area contributed by atoms with Crippen molar-refractivity contribution in [2.75, 3.05) is 0 Å². The molecule has 3 rings (SSSR count). The quantitative estimate of drug-likeness (QED) is 0.414. The van der Waals surface area contributed by atoms with Crippen LogP contribution in [0.25, 0.3) is 0 Å². The third kappa shape index (κ3) is 6.73. The Kier molecular flexibility index (Phi) is 9.05. The van der Waals surface area contributed by atoms with E-state index in [2.05, 4.69) is 6.92 Å². The Morgan fingerprint density at radius 2 is 1.60 bits per heavy atom. The summed E-state index contributed by atoms with van der Waals surface area (Å²) in [5.41, 5.74) is 0.410. The lowest BCUT2D eigenvalue weighted by Crippen LogP contribution is -2.59. The first kappa shape index (κ1) is 23.1. The Morgan fingerprint density at radius 1 is 1.00 bits per heavy atom. The first-order chi connectivity index (χ1) is 14.6. The van der Waals surface area contributed by atoms with Gasteiger partial charge in [-0.15, -0.1) is 0 Å². The lowest BCUT2D eigenvalue weighted by atomic mass is 9.73. The summed E-state index contributed by atoms with van der Waals surface area (Å²) >= 11 is 0. The third-order valence-electron chi connectivity index (χ3n) is 7.00. The van der Waals surface area contributed by atoms with Gasteiger partial charge >= 0.3 is 6.09 Å². The van der Waals surface area contributed by atoms with Crippen molar-refractivity contribution in [3.63, 3.8) is 0 Å². The summed E-state index contributed by atoms with van der Waals surface area (Å²) in [6.45, 7) is 2.57. The number of fused-ring (bicyclic) bond motifs is 2. The predicted molar refractivity (Wildman–Crippen MR) is 121 cm³/mol. The summed E-state index contributed by atoms with van der Waals surface area (Å²) in [5.74, 6) is 0. The molecule has 1 N–H and O–H groups in total. The molecule has 0 spiro atoms. The molecule has 0 aromatic heterocycles. The van der Waals surface area contributed by atoms with Crippen LogP contribution < -0.4 is 0 Å². The molecular formula is C26H41NO3. The Labute approximate surface area is 183 Å². The first-order valence-electron chi connectivity index (χ1n) is 12.3. The van der Waals surface area contributed by atoms with Gasteiger partial charge in [-0.2, -0.15) is 0 Å². The van der Waals surface area contributed by atoms with Crippen molar-refractivity contribution < 1.29 is 14.6 Å². The molecule has 0 saturated carbocycles. The second-order valence-electron chi connectivity index (χ2n) is 9.54. The van der Waals surface area contributed by atoms with Crippen LogP contribution in [0.4, 0.5) is 4.79 Å². The van der Waals surface area contributed by atoms with E-state index in [1.165, 1.54) is 44.9 Å². The highest BCUT2D eigenvalue weighted by Crippen LogP contribution is 2.41. The van der Waals surface area contributed by atoms with Crippen LogP contribution in [-0.2, 0) is 11.3 Å². The van der Waals surface area contributed by atoms with E-state index in [0.29, 0.717) is 19.4 Å². The zero-order chi connectivity index (χ0) is 21.2. The Morgan fingerprint density at radius 3 is 2.23 bits per heavy atom. The van der Waals surface area contributed by atoms with Gasteiger partial charge in [-0.05, 0) is 44.1 Å². The molecule has 4 heteroatoms. The second kappa shape index (κ2) is 11.7. The molecule has 1 aromatic carbocycles. The van der Waals surface area contributed by atoms with E-state index in [-0.39, 0.29) is 18.2 Å². The van der Waals surface area contributed by atoms with Crippen LogP contribution in [0.3, 0.4) is 0 Å². The smallest absolute Gasteiger partial charge is 0.410 e. The average molecular weight is 416 g/mol. The minimum absolute atomic E-state index is 0.125. The van der Waals surface area contributed by atoms with Crippen LogP contribution in [0.15, 0.2) is 30.3 Å². The van der Waals surface area contributed by atoms with Crippen molar-refractivity contribution in [2.45, 2.75) is 121 Å². The normalized spacial score (nSPS) is 25.9. The number of carbonyl (C=O) groups is 1. The molecule has 2 bridgehead atoms.